The number of nitrogens with one attached hydrogen (secondary N) is 1. The van der Waals surface area contributed by atoms with Gasteiger partial charge < -0.3 is 44.1 Å². The molecule has 8 heterocycles. The Morgan fingerprint density at radius 2 is 0.839 bits per heavy atom. The van der Waals surface area contributed by atoms with Crippen LogP contribution in [0.5, 0.6) is 0 Å². The molecule has 0 saturated carbocycles. The van der Waals surface area contributed by atoms with Crippen molar-refractivity contribution in [2.75, 3.05) is 52.4 Å². The summed E-state index contributed by atoms with van der Waals surface area (Å²) >= 11 is 8.01. The Hall–Kier alpha value is -5.93. The average molecular weight is 1840 g/mol. The molecule has 12 rings (SSSR count). The number of ketones is 2. The van der Waals surface area contributed by atoms with Crippen LogP contribution in [0.2, 0.25) is 0 Å². The monoisotopic (exact) mass is 1840 g/mol. The molecule has 4 aliphatic rings. The summed E-state index contributed by atoms with van der Waals surface area (Å²) in [5, 5.41) is 25.7. The number of thiophene rings is 4. The molecule has 118 heavy (non-hydrogen) atoms. The van der Waals surface area contributed by atoms with Gasteiger partial charge in [-0.05, 0) is 267 Å². The Kier molecular flexibility index (Phi) is 35.1. The third-order valence-corrected chi connectivity index (χ3v) is 26.3. The number of carbonyl (C=O) groups is 6. The number of hydrogen-bond acceptors (Lipinski definition) is 17. The van der Waals surface area contributed by atoms with Gasteiger partial charge in [0.25, 0.3) is 0 Å². The fraction of sp³-hybridized carbons (Fsp3) is 0.582. The standard InChI is InChI=1S/C24H34FNO3S.C24H32FNO3S.C19H24FNOS.C16H29NO3.C8H4BrFS.ClH.Mn.2O/c2*1-22(2,3)9-10-24(11-12-26(15-24)21(28)29-23(4,5)6)20(27)18-14-30-19-8-7-16(25)13-17(18)19;1-18(2,3)6-7-19(8-9-21-12-19)17(22)15-11-23-16-5-4-13(20)10-14(15)16;1-14(2,3)7-8-16(12-18)9-10-17(11-16)13(19)20-15(4,5)6;9-7-4-11-8-2-1-5(10)3-6(7)8;;;;/h7-8,13-14,20,27H,9-12,15H2,1-6H3;7-8,13-14H,9-12,15H2,1-6H3;4-5,10-11,21H,6-9,12H2,1-3H3;12H,7-11H2,1-6H3;1-4H;1H;;;. The number of likely N-dealkylation sites (tertiary alicyclic amines) is 3. The molecule has 653 valence electrons. The second-order valence-corrected chi connectivity index (χ2v) is 44.5. The van der Waals surface area contributed by atoms with Crippen molar-refractivity contribution in [2.45, 2.75) is 245 Å². The summed E-state index contributed by atoms with van der Waals surface area (Å²) < 4.78 is 92.3. The molecule has 0 aliphatic carbocycles. The van der Waals surface area contributed by atoms with Gasteiger partial charge in [-0.1, -0.05) is 83.1 Å². The van der Waals surface area contributed by atoms with Crippen molar-refractivity contribution in [1.82, 2.24) is 20.0 Å². The Morgan fingerprint density at radius 3 is 1.27 bits per heavy atom. The second kappa shape index (κ2) is 41.0. The summed E-state index contributed by atoms with van der Waals surface area (Å²) in [6.45, 7) is 47.3. The van der Waals surface area contributed by atoms with Crippen molar-refractivity contribution >= 4 is 150 Å². The van der Waals surface area contributed by atoms with Crippen LogP contribution in [-0.2, 0) is 41.5 Å². The van der Waals surface area contributed by atoms with E-state index in [1.54, 1.807) is 50.3 Å². The first-order chi connectivity index (χ1) is 54.0. The summed E-state index contributed by atoms with van der Waals surface area (Å²) in [7, 11) is 0. The van der Waals surface area contributed by atoms with Crippen LogP contribution in [0.1, 0.15) is 255 Å². The van der Waals surface area contributed by atoms with E-state index in [0.29, 0.717) is 75.0 Å². The second-order valence-electron chi connectivity index (χ2n) is 39.8. The maximum atomic E-state index is 13.9. The SMILES string of the molecule is CC(C)(C)CCC1(C(=O)c2csc3ccc(F)cc23)CCN(C(=O)OC(C)(C)C)C1.CC(C)(C)CCC1(C(=O)c2csc3ccc(F)cc23)CCNC1.CC(C)(C)CCC1(C(O)c2csc3ccc(F)cc23)CCN(C(=O)OC(C)(C)C)C1.CC(C)(C)CCC1(C=O)CCN(C(=O)OC(C)(C)C)C1.Cl.Fc1ccc2scc(Br)c2c1.[O]=[Mn]=[O]. The molecule has 5 unspecified atom stereocenters. The molecule has 4 aliphatic heterocycles. The van der Waals surface area contributed by atoms with Crippen LogP contribution >= 0.6 is 73.7 Å². The summed E-state index contributed by atoms with van der Waals surface area (Å²) in [5.41, 5.74) is -0.919. The number of aliphatic hydroxyl groups excluding tert-OH is 1. The molecule has 16 nitrogen and oxygen atoms in total. The summed E-state index contributed by atoms with van der Waals surface area (Å²) in [6.07, 6.45) is 9.08. The van der Waals surface area contributed by atoms with Gasteiger partial charge >= 0.3 is 40.8 Å². The fourth-order valence-corrected chi connectivity index (χ4v) is 19.1. The molecule has 27 heteroatoms. The van der Waals surface area contributed by atoms with Crippen LogP contribution < -0.4 is 5.32 Å². The van der Waals surface area contributed by atoms with Gasteiger partial charge in [0.1, 0.15) is 46.4 Å². The number of aldehydes is 1. The van der Waals surface area contributed by atoms with Crippen molar-refractivity contribution in [1.29, 1.82) is 0 Å². The van der Waals surface area contributed by atoms with E-state index < -0.39 is 48.6 Å². The zero-order chi connectivity index (χ0) is 87.5. The normalized spacial score (nSPS) is 19.9. The molecular formula is C91H124BrClF4MnN4O12S4. The quantitative estimate of drug-likeness (QED) is 0.0322. The predicted molar refractivity (Wildman–Crippen MR) is 472 cm³/mol. The average Bonchev–Trinajstić information content (AvgIpc) is 1.61. The Balaban J connectivity index is 0.000000233. The molecule has 8 aromatic rings. The molecule has 2 N–H and O–H groups in total. The third kappa shape index (κ3) is 29.1. The van der Waals surface area contributed by atoms with Gasteiger partial charge in [0.05, 0.1) is 11.5 Å². The number of aliphatic hydroxyl groups is 1. The predicted octanol–water partition coefficient (Wildman–Crippen LogP) is 25.9. The molecule has 0 spiro atoms. The van der Waals surface area contributed by atoms with Gasteiger partial charge in [-0.3, -0.25) is 9.59 Å². The van der Waals surface area contributed by atoms with E-state index in [1.165, 1.54) is 82.5 Å². The van der Waals surface area contributed by atoms with Crippen LogP contribution in [0.3, 0.4) is 0 Å². The van der Waals surface area contributed by atoms with Gasteiger partial charge in [-0.25, -0.2) is 31.9 Å². The van der Waals surface area contributed by atoms with E-state index in [4.69, 9.17) is 21.9 Å². The fourth-order valence-electron chi connectivity index (χ4n) is 14.7. The number of hydrogen-bond donors (Lipinski definition) is 2. The van der Waals surface area contributed by atoms with Crippen molar-refractivity contribution < 1.29 is 88.1 Å². The van der Waals surface area contributed by atoms with Gasteiger partial charge in [0.2, 0.25) is 0 Å². The van der Waals surface area contributed by atoms with E-state index >= 15 is 0 Å². The van der Waals surface area contributed by atoms with E-state index in [0.717, 1.165) is 122 Å². The van der Waals surface area contributed by atoms with E-state index in [1.807, 2.05) is 83.8 Å². The summed E-state index contributed by atoms with van der Waals surface area (Å²) in [5.74, 6) is -0.923. The van der Waals surface area contributed by atoms with Crippen LogP contribution in [0.25, 0.3) is 40.3 Å². The molecule has 3 amide bonds. The topological polar surface area (TPSA) is 206 Å². The summed E-state index contributed by atoms with van der Waals surface area (Å²) in [6, 6.07) is 18.8. The van der Waals surface area contributed by atoms with E-state index in [2.05, 4.69) is 104 Å². The number of rotatable bonds is 15. The Morgan fingerprint density at radius 1 is 0.483 bits per heavy atom. The molecular weight excluding hydrogens is 1720 g/mol. The zero-order valence-electron chi connectivity index (χ0n) is 72.6. The van der Waals surface area contributed by atoms with E-state index in [-0.39, 0.29) is 98.0 Å². The Labute approximate surface area is 732 Å². The van der Waals surface area contributed by atoms with Crippen LogP contribution in [-0.4, -0.2) is 125 Å². The number of carbonyl (C=O) groups excluding carboxylic acids is 6. The van der Waals surface area contributed by atoms with Gasteiger partial charge in [0, 0.05) is 134 Å². The molecule has 0 bridgehead atoms. The van der Waals surface area contributed by atoms with E-state index in [9.17, 15) is 51.4 Å². The van der Waals surface area contributed by atoms with Crippen LogP contribution in [0.4, 0.5) is 31.9 Å². The van der Waals surface area contributed by atoms with Crippen LogP contribution in [0.15, 0.2) is 98.8 Å². The first-order valence-electron chi connectivity index (χ1n) is 40.2. The number of halogens is 6. The minimum atomic E-state index is -1.44. The van der Waals surface area contributed by atoms with Gasteiger partial charge in [-0.2, -0.15) is 0 Å². The molecule has 4 fully saturated rings. The molecule has 4 saturated heterocycles. The third-order valence-electron chi connectivity index (χ3n) is 21.5. The zero-order valence-corrected chi connectivity index (χ0v) is 79.5. The Bertz CT molecular complexity index is 4800. The number of nitrogens with zero attached hydrogens (tertiary/aromatic N) is 3. The van der Waals surface area contributed by atoms with Crippen molar-refractivity contribution in [3.63, 3.8) is 0 Å². The first-order valence-corrected chi connectivity index (χ1v) is 45.4. The number of ether oxygens (including phenoxy) is 3. The maximum absolute atomic E-state index is 13.9. The summed E-state index contributed by atoms with van der Waals surface area (Å²) in [4.78, 5) is 81.1. The number of benzene rings is 4. The first kappa shape index (κ1) is 101. The van der Waals surface area contributed by atoms with Crippen molar-refractivity contribution in [3.8, 4) is 0 Å². The van der Waals surface area contributed by atoms with Gasteiger partial charge in [-0.15, -0.1) is 57.8 Å². The molecule has 5 atom stereocenters. The van der Waals surface area contributed by atoms with Crippen LogP contribution in [0, 0.1) is 66.6 Å². The molecule has 0 radical (unpaired) electrons. The minimum absolute atomic E-state index is 0. The van der Waals surface area contributed by atoms with Gasteiger partial charge in [0.15, 0.2) is 11.6 Å². The van der Waals surface area contributed by atoms with Crippen molar-refractivity contribution in [3.05, 3.63) is 139 Å². The number of fused-ring (bicyclic) bond motifs is 4. The molecule has 4 aromatic carbocycles. The number of amides is 3. The number of Topliss-reactive ketones (excluding diaryl/α,β-unsaturated/α-hetero) is 2. The van der Waals surface area contributed by atoms with Crippen molar-refractivity contribution in [2.24, 2.45) is 43.3 Å². The molecule has 4 aromatic heterocycles.